The van der Waals surface area contributed by atoms with Crippen molar-refractivity contribution in [3.8, 4) is 0 Å². The molecule has 1 aromatic rings. The average molecular weight is 222 g/mol. The third kappa shape index (κ3) is 3.17. The third-order valence-corrected chi connectivity index (χ3v) is 2.68. The van der Waals surface area contributed by atoms with E-state index in [1.807, 2.05) is 24.3 Å². The Bertz CT molecular complexity index is 341. The first kappa shape index (κ1) is 12.9. The molecule has 0 spiro atoms. The molecule has 1 aromatic carbocycles. The van der Waals surface area contributed by atoms with Crippen LogP contribution in [0.1, 0.15) is 18.1 Å². The van der Waals surface area contributed by atoms with Gasteiger partial charge < -0.3 is 14.9 Å². The van der Waals surface area contributed by atoms with E-state index in [0.29, 0.717) is 6.42 Å². The lowest BCUT2D eigenvalue weighted by Crippen LogP contribution is -2.42. The van der Waals surface area contributed by atoms with E-state index in [-0.39, 0.29) is 0 Å². The van der Waals surface area contributed by atoms with Crippen molar-refractivity contribution in [1.29, 1.82) is 0 Å². The lowest BCUT2D eigenvalue weighted by Gasteiger charge is -2.27. The predicted molar refractivity (Wildman–Crippen MR) is 63.9 cm³/mol. The lowest BCUT2D eigenvalue weighted by molar-refractivity contribution is -0.229. The van der Waals surface area contributed by atoms with Crippen LogP contribution >= 0.6 is 0 Å². The molecule has 0 bridgehead atoms. The van der Waals surface area contributed by atoms with Crippen molar-refractivity contribution in [2.45, 2.75) is 25.2 Å². The van der Waals surface area contributed by atoms with Gasteiger partial charge >= 0.3 is 0 Å². The van der Waals surface area contributed by atoms with Crippen LogP contribution in [0.4, 0.5) is 0 Å². The summed E-state index contributed by atoms with van der Waals surface area (Å²) in [4.78, 5) is 0. The van der Waals surface area contributed by atoms with Crippen molar-refractivity contribution in [2.75, 3.05) is 7.11 Å². The largest absolute Gasteiger partial charge is 0.387 e. The number of rotatable bonds is 5. The molecule has 0 radical (unpaired) electrons. The van der Waals surface area contributed by atoms with Gasteiger partial charge in [-0.3, -0.25) is 0 Å². The van der Waals surface area contributed by atoms with Gasteiger partial charge in [0.05, 0.1) is 0 Å². The number of methoxy groups -OCH3 is 1. The van der Waals surface area contributed by atoms with Gasteiger partial charge in [0, 0.05) is 13.5 Å². The van der Waals surface area contributed by atoms with Crippen LogP contribution in [-0.4, -0.2) is 29.2 Å². The Hall–Kier alpha value is -1.16. The minimum atomic E-state index is -1.52. The second-order valence-electron chi connectivity index (χ2n) is 3.92. The van der Waals surface area contributed by atoms with Crippen molar-refractivity contribution >= 4 is 6.08 Å². The van der Waals surface area contributed by atoms with Gasteiger partial charge in [0.1, 0.15) is 6.10 Å². The molecule has 0 heterocycles. The summed E-state index contributed by atoms with van der Waals surface area (Å²) in [5.74, 6) is -1.52. The first-order chi connectivity index (χ1) is 7.49. The second kappa shape index (κ2) is 5.25. The van der Waals surface area contributed by atoms with Crippen molar-refractivity contribution in [3.63, 3.8) is 0 Å². The van der Waals surface area contributed by atoms with Gasteiger partial charge in [0.25, 0.3) is 0 Å². The van der Waals surface area contributed by atoms with Crippen LogP contribution in [0.2, 0.25) is 0 Å². The summed E-state index contributed by atoms with van der Waals surface area (Å²) in [7, 11) is 1.37. The third-order valence-electron chi connectivity index (χ3n) is 2.68. The lowest BCUT2D eigenvalue weighted by atomic mass is 10.0. The van der Waals surface area contributed by atoms with Gasteiger partial charge in [-0.1, -0.05) is 36.9 Å². The maximum atomic E-state index is 9.76. The van der Waals surface area contributed by atoms with Crippen LogP contribution in [0.3, 0.4) is 0 Å². The van der Waals surface area contributed by atoms with Crippen molar-refractivity contribution in [1.82, 2.24) is 0 Å². The molecular formula is C13H18O3. The predicted octanol–water partition coefficient (Wildman–Crippen LogP) is 1.59. The summed E-state index contributed by atoms with van der Waals surface area (Å²) < 4.78 is 4.81. The molecule has 0 saturated carbocycles. The molecule has 0 fully saturated rings. The fraction of sp³-hybridized carbons (Fsp3) is 0.385. The van der Waals surface area contributed by atoms with E-state index in [2.05, 4.69) is 6.58 Å². The summed E-state index contributed by atoms with van der Waals surface area (Å²) in [6.45, 7) is 5.10. The molecule has 2 unspecified atom stereocenters. The van der Waals surface area contributed by atoms with Gasteiger partial charge in [-0.2, -0.15) is 0 Å². The van der Waals surface area contributed by atoms with E-state index >= 15 is 0 Å². The molecule has 2 N–H and O–H groups in total. The Morgan fingerprint density at radius 2 is 2.00 bits per heavy atom. The summed E-state index contributed by atoms with van der Waals surface area (Å²) in [6.07, 6.45) is 1.15. The highest BCUT2D eigenvalue weighted by Crippen LogP contribution is 2.16. The van der Waals surface area contributed by atoms with Gasteiger partial charge in [-0.25, -0.2) is 0 Å². The molecule has 88 valence electrons. The van der Waals surface area contributed by atoms with E-state index in [9.17, 15) is 10.2 Å². The van der Waals surface area contributed by atoms with Crippen LogP contribution in [0, 0.1) is 0 Å². The van der Waals surface area contributed by atoms with Gasteiger partial charge in [0.15, 0.2) is 5.79 Å². The number of aliphatic hydroxyl groups excluding tert-OH is 1. The summed E-state index contributed by atoms with van der Waals surface area (Å²) >= 11 is 0. The van der Waals surface area contributed by atoms with Crippen molar-refractivity contribution in [2.24, 2.45) is 0 Å². The van der Waals surface area contributed by atoms with Crippen LogP contribution < -0.4 is 0 Å². The molecule has 0 saturated heterocycles. The Labute approximate surface area is 96.0 Å². The quantitative estimate of drug-likeness (QED) is 0.744. The SMILES string of the molecule is C=Cc1ccc(CC(O)C(C)(O)OC)cc1. The van der Waals surface area contributed by atoms with Gasteiger partial charge in [-0.05, 0) is 18.1 Å². The highest BCUT2D eigenvalue weighted by atomic mass is 16.6. The summed E-state index contributed by atoms with van der Waals surface area (Å²) in [5.41, 5.74) is 1.96. The molecule has 0 aliphatic rings. The van der Waals surface area contributed by atoms with Crippen LogP contribution in [-0.2, 0) is 11.2 Å². The highest BCUT2D eigenvalue weighted by Gasteiger charge is 2.29. The van der Waals surface area contributed by atoms with Crippen LogP contribution in [0.25, 0.3) is 6.08 Å². The first-order valence-electron chi connectivity index (χ1n) is 5.16. The number of aliphatic hydroxyl groups is 2. The number of benzene rings is 1. The van der Waals surface area contributed by atoms with Gasteiger partial charge in [-0.15, -0.1) is 0 Å². The summed E-state index contributed by atoms with van der Waals surface area (Å²) in [6, 6.07) is 7.62. The molecule has 0 aliphatic carbocycles. The second-order valence-corrected chi connectivity index (χ2v) is 3.92. The normalized spacial score (nSPS) is 16.5. The minimum Gasteiger partial charge on any atom is -0.387 e. The monoisotopic (exact) mass is 222 g/mol. The van der Waals surface area contributed by atoms with E-state index in [1.165, 1.54) is 14.0 Å². The fourth-order valence-electron chi connectivity index (χ4n) is 1.34. The first-order valence-corrected chi connectivity index (χ1v) is 5.16. The molecule has 0 aliphatic heterocycles. The summed E-state index contributed by atoms with van der Waals surface area (Å²) in [5, 5.41) is 19.4. The fourth-order valence-corrected chi connectivity index (χ4v) is 1.34. The van der Waals surface area contributed by atoms with Crippen molar-refractivity contribution < 1.29 is 14.9 Å². The van der Waals surface area contributed by atoms with Crippen LogP contribution in [0.15, 0.2) is 30.8 Å². The zero-order valence-electron chi connectivity index (χ0n) is 9.68. The Balaban J connectivity index is 2.69. The van der Waals surface area contributed by atoms with Crippen molar-refractivity contribution in [3.05, 3.63) is 42.0 Å². The number of hydrogen-bond donors (Lipinski definition) is 2. The van der Waals surface area contributed by atoms with E-state index < -0.39 is 11.9 Å². The molecule has 2 atom stereocenters. The Morgan fingerprint density at radius 1 is 1.44 bits per heavy atom. The number of hydrogen-bond acceptors (Lipinski definition) is 3. The molecule has 1 rings (SSSR count). The Kier molecular flexibility index (Phi) is 4.24. The molecule has 16 heavy (non-hydrogen) atoms. The zero-order chi connectivity index (χ0) is 12.2. The molecule has 3 heteroatoms. The minimum absolute atomic E-state index is 0.345. The molecular weight excluding hydrogens is 204 g/mol. The zero-order valence-corrected chi connectivity index (χ0v) is 9.68. The molecule has 0 amide bonds. The van der Waals surface area contributed by atoms with Crippen LogP contribution in [0.5, 0.6) is 0 Å². The Morgan fingerprint density at radius 3 is 2.44 bits per heavy atom. The highest BCUT2D eigenvalue weighted by molar-refractivity contribution is 5.47. The molecule has 3 nitrogen and oxygen atoms in total. The van der Waals surface area contributed by atoms with E-state index in [1.54, 1.807) is 6.08 Å². The topological polar surface area (TPSA) is 49.7 Å². The van der Waals surface area contributed by atoms with Gasteiger partial charge in [0.2, 0.25) is 0 Å². The maximum absolute atomic E-state index is 9.76. The average Bonchev–Trinajstić information content (AvgIpc) is 2.30. The standard InChI is InChI=1S/C13H18O3/c1-4-10-5-7-11(8-6-10)9-12(14)13(2,15)16-3/h4-8,12,14-15H,1,9H2,2-3H3. The maximum Gasteiger partial charge on any atom is 0.189 e. The van der Waals surface area contributed by atoms with E-state index in [0.717, 1.165) is 11.1 Å². The molecule has 0 aromatic heterocycles. The smallest absolute Gasteiger partial charge is 0.189 e. The van der Waals surface area contributed by atoms with E-state index in [4.69, 9.17) is 4.74 Å². The number of ether oxygens (including phenoxy) is 1.